The Morgan fingerprint density at radius 2 is 2.04 bits per heavy atom. The van der Waals surface area contributed by atoms with Gasteiger partial charge in [-0.3, -0.25) is 9.59 Å². The largest absolute Gasteiger partial charge is 0.337 e. The number of amides is 1. The number of hydrogen-bond acceptors (Lipinski definition) is 2. The zero-order chi connectivity index (χ0) is 16.4. The summed E-state index contributed by atoms with van der Waals surface area (Å²) in [5.74, 6) is -0.795. The van der Waals surface area contributed by atoms with Gasteiger partial charge in [-0.25, -0.2) is 4.39 Å². The molecule has 0 unspecified atom stereocenters. The summed E-state index contributed by atoms with van der Waals surface area (Å²) in [6.45, 7) is 0.0159. The summed E-state index contributed by atoms with van der Waals surface area (Å²) >= 11 is 5.89. The van der Waals surface area contributed by atoms with Crippen LogP contribution < -0.4 is 5.32 Å². The molecular weight excluding hydrogens is 319 g/mol. The summed E-state index contributed by atoms with van der Waals surface area (Å²) in [6, 6.07) is 11.1. The molecule has 0 bridgehead atoms. The van der Waals surface area contributed by atoms with Crippen LogP contribution in [0.15, 0.2) is 48.7 Å². The third-order valence-electron chi connectivity index (χ3n) is 3.47. The first kappa shape index (κ1) is 15.2. The molecule has 23 heavy (non-hydrogen) atoms. The molecule has 1 amide bonds. The number of hydrogen-bond donors (Lipinski definition) is 1. The van der Waals surface area contributed by atoms with E-state index in [9.17, 15) is 14.0 Å². The van der Waals surface area contributed by atoms with Crippen LogP contribution in [-0.2, 0) is 11.3 Å². The van der Waals surface area contributed by atoms with Gasteiger partial charge in [0.05, 0.1) is 10.7 Å². The first-order valence-corrected chi connectivity index (χ1v) is 7.24. The summed E-state index contributed by atoms with van der Waals surface area (Å²) in [5.41, 5.74) is 1.65. The van der Waals surface area contributed by atoms with E-state index in [1.54, 1.807) is 10.8 Å². The van der Waals surface area contributed by atoms with E-state index in [1.807, 2.05) is 24.3 Å². The lowest BCUT2D eigenvalue weighted by Crippen LogP contribution is -2.18. The Balaban J connectivity index is 1.84. The third-order valence-corrected chi connectivity index (χ3v) is 3.78. The third kappa shape index (κ3) is 3.10. The molecule has 116 valence electrons. The zero-order valence-corrected chi connectivity index (χ0v) is 12.7. The van der Waals surface area contributed by atoms with Gasteiger partial charge in [-0.2, -0.15) is 0 Å². The van der Waals surface area contributed by atoms with Gasteiger partial charge in [0, 0.05) is 22.7 Å². The molecule has 0 saturated heterocycles. The summed E-state index contributed by atoms with van der Waals surface area (Å²) in [5, 5.41) is 3.55. The van der Waals surface area contributed by atoms with Crippen LogP contribution in [0, 0.1) is 5.82 Å². The van der Waals surface area contributed by atoms with Crippen LogP contribution >= 0.6 is 11.6 Å². The maximum atomic E-state index is 13.0. The average Bonchev–Trinajstić information content (AvgIpc) is 2.88. The number of carbonyl (C=O) groups is 2. The predicted molar refractivity (Wildman–Crippen MR) is 87.4 cm³/mol. The smallest absolute Gasteiger partial charge is 0.244 e. The van der Waals surface area contributed by atoms with Gasteiger partial charge in [0.25, 0.3) is 0 Å². The molecule has 0 spiro atoms. The molecule has 0 radical (unpaired) electrons. The Morgan fingerprint density at radius 1 is 1.26 bits per heavy atom. The minimum absolute atomic E-state index is 0.0159. The molecule has 0 saturated carbocycles. The number of fused-ring (bicyclic) bond motifs is 1. The number of aldehydes is 1. The Hall–Kier alpha value is -2.66. The minimum atomic E-state index is -0.472. The monoisotopic (exact) mass is 330 g/mol. The molecule has 0 aliphatic rings. The molecule has 0 aliphatic heterocycles. The average molecular weight is 331 g/mol. The van der Waals surface area contributed by atoms with E-state index in [0.29, 0.717) is 11.3 Å². The SMILES string of the molecule is O=Cc1cn(CC(=O)Nc2ccc(F)cc2Cl)c2ccccc12. The van der Waals surface area contributed by atoms with Crippen LogP contribution in [-0.4, -0.2) is 16.8 Å². The van der Waals surface area contributed by atoms with E-state index in [-0.39, 0.29) is 17.5 Å². The molecule has 2 aromatic carbocycles. The van der Waals surface area contributed by atoms with Gasteiger partial charge in [-0.05, 0) is 24.3 Å². The number of carbonyl (C=O) groups excluding carboxylic acids is 2. The maximum absolute atomic E-state index is 13.0. The van der Waals surface area contributed by atoms with Crippen LogP contribution in [0.5, 0.6) is 0 Å². The van der Waals surface area contributed by atoms with E-state index < -0.39 is 5.82 Å². The second-order valence-corrected chi connectivity index (χ2v) is 5.43. The Bertz CT molecular complexity index is 905. The highest BCUT2D eigenvalue weighted by Gasteiger charge is 2.12. The highest BCUT2D eigenvalue weighted by molar-refractivity contribution is 6.33. The van der Waals surface area contributed by atoms with E-state index >= 15 is 0 Å². The van der Waals surface area contributed by atoms with Gasteiger partial charge >= 0.3 is 0 Å². The number of benzene rings is 2. The molecule has 3 rings (SSSR count). The zero-order valence-electron chi connectivity index (χ0n) is 11.9. The van der Waals surface area contributed by atoms with Crippen molar-refractivity contribution in [1.29, 1.82) is 0 Å². The molecule has 3 aromatic rings. The predicted octanol–water partition coefficient (Wildman–Crippen LogP) is 3.89. The molecular formula is C17H12ClFN2O2. The molecule has 4 nitrogen and oxygen atoms in total. The number of nitrogens with one attached hydrogen (secondary N) is 1. The Morgan fingerprint density at radius 3 is 2.78 bits per heavy atom. The topological polar surface area (TPSA) is 51.1 Å². The van der Waals surface area contributed by atoms with Crippen molar-refractivity contribution < 1.29 is 14.0 Å². The number of nitrogens with zero attached hydrogens (tertiary/aromatic N) is 1. The summed E-state index contributed by atoms with van der Waals surface area (Å²) < 4.78 is 14.7. The van der Waals surface area contributed by atoms with E-state index in [4.69, 9.17) is 11.6 Å². The van der Waals surface area contributed by atoms with E-state index in [0.717, 1.165) is 23.3 Å². The van der Waals surface area contributed by atoms with Crippen molar-refractivity contribution in [1.82, 2.24) is 4.57 Å². The molecule has 0 atom stereocenters. The number of aromatic nitrogens is 1. The highest BCUT2D eigenvalue weighted by atomic mass is 35.5. The van der Waals surface area contributed by atoms with Crippen molar-refractivity contribution in [3.63, 3.8) is 0 Å². The molecule has 0 aliphatic carbocycles. The maximum Gasteiger partial charge on any atom is 0.244 e. The van der Waals surface area contributed by atoms with Gasteiger partial charge in [-0.15, -0.1) is 0 Å². The number of rotatable bonds is 4. The first-order valence-electron chi connectivity index (χ1n) is 6.86. The van der Waals surface area contributed by atoms with Crippen LogP contribution in [0.4, 0.5) is 10.1 Å². The van der Waals surface area contributed by atoms with Crippen molar-refractivity contribution in [3.8, 4) is 0 Å². The van der Waals surface area contributed by atoms with E-state index in [1.165, 1.54) is 12.1 Å². The number of halogens is 2. The highest BCUT2D eigenvalue weighted by Crippen LogP contribution is 2.23. The summed E-state index contributed by atoms with van der Waals surface area (Å²) in [4.78, 5) is 23.3. The van der Waals surface area contributed by atoms with Gasteiger partial charge < -0.3 is 9.88 Å². The minimum Gasteiger partial charge on any atom is -0.337 e. The van der Waals surface area contributed by atoms with Crippen molar-refractivity contribution in [2.24, 2.45) is 0 Å². The fourth-order valence-electron chi connectivity index (χ4n) is 2.44. The van der Waals surface area contributed by atoms with Crippen LogP contribution in [0.3, 0.4) is 0 Å². The molecule has 1 heterocycles. The van der Waals surface area contributed by atoms with Gasteiger partial charge in [0.15, 0.2) is 6.29 Å². The van der Waals surface area contributed by atoms with Crippen molar-refractivity contribution in [2.45, 2.75) is 6.54 Å². The van der Waals surface area contributed by atoms with Gasteiger partial charge in [0.2, 0.25) is 5.91 Å². The molecule has 1 N–H and O–H groups in total. The Labute approximate surface area is 136 Å². The second-order valence-electron chi connectivity index (χ2n) is 5.02. The van der Waals surface area contributed by atoms with Crippen LogP contribution in [0.1, 0.15) is 10.4 Å². The second kappa shape index (κ2) is 6.22. The standard InChI is InChI=1S/C17H12ClFN2O2/c18-14-7-12(19)5-6-15(14)20-17(23)9-21-8-11(10-22)13-3-1-2-4-16(13)21/h1-8,10H,9H2,(H,20,23). The van der Waals surface area contributed by atoms with Crippen LogP contribution in [0.25, 0.3) is 10.9 Å². The molecule has 1 aromatic heterocycles. The molecule has 0 fully saturated rings. The fraction of sp³-hybridized carbons (Fsp3) is 0.0588. The van der Waals surface area contributed by atoms with Crippen molar-refractivity contribution >= 4 is 40.4 Å². The van der Waals surface area contributed by atoms with Gasteiger partial charge in [-0.1, -0.05) is 29.8 Å². The van der Waals surface area contributed by atoms with Crippen LogP contribution in [0.2, 0.25) is 5.02 Å². The summed E-state index contributed by atoms with van der Waals surface area (Å²) in [7, 11) is 0. The fourth-order valence-corrected chi connectivity index (χ4v) is 2.65. The summed E-state index contributed by atoms with van der Waals surface area (Å²) in [6.07, 6.45) is 2.39. The number of para-hydroxylation sites is 1. The lowest BCUT2D eigenvalue weighted by molar-refractivity contribution is -0.116. The quantitative estimate of drug-likeness (QED) is 0.738. The lowest BCUT2D eigenvalue weighted by atomic mass is 10.2. The van der Waals surface area contributed by atoms with E-state index in [2.05, 4.69) is 5.32 Å². The lowest BCUT2D eigenvalue weighted by Gasteiger charge is -2.09. The van der Waals surface area contributed by atoms with Crippen molar-refractivity contribution in [2.75, 3.05) is 5.32 Å². The number of anilines is 1. The molecule has 6 heteroatoms. The van der Waals surface area contributed by atoms with Gasteiger partial charge in [0.1, 0.15) is 12.4 Å². The normalized spacial score (nSPS) is 10.7. The Kier molecular flexibility index (Phi) is 4.12. The van der Waals surface area contributed by atoms with Crippen molar-refractivity contribution in [3.05, 3.63) is 65.1 Å². The first-order chi connectivity index (χ1) is 11.1.